The van der Waals surface area contributed by atoms with E-state index in [1.165, 1.54) is 11.1 Å². The number of rotatable bonds is 7. The van der Waals surface area contributed by atoms with Crippen molar-refractivity contribution in [3.63, 3.8) is 0 Å². The van der Waals surface area contributed by atoms with Crippen molar-refractivity contribution in [3.8, 4) is 0 Å². The summed E-state index contributed by atoms with van der Waals surface area (Å²) in [6.45, 7) is 5.82. The van der Waals surface area contributed by atoms with Crippen LogP contribution < -0.4 is 5.32 Å². The van der Waals surface area contributed by atoms with Crippen LogP contribution in [-0.2, 0) is 13.1 Å². The number of benzene rings is 1. The smallest absolute Gasteiger partial charge is 0.0965 e. The molecule has 0 radical (unpaired) electrons. The van der Waals surface area contributed by atoms with Gasteiger partial charge in [-0.2, -0.15) is 0 Å². The Bertz CT molecular complexity index is 538. The molecule has 0 aliphatic rings. The summed E-state index contributed by atoms with van der Waals surface area (Å²) in [6.07, 6.45) is 2.63. The second-order valence-electron chi connectivity index (χ2n) is 5.07. The molecule has 5 heteroatoms. The van der Waals surface area contributed by atoms with Gasteiger partial charge in [-0.25, -0.2) is 0 Å². The maximum absolute atomic E-state index is 8.79. The van der Waals surface area contributed by atoms with Crippen molar-refractivity contribution in [1.29, 1.82) is 0 Å². The van der Waals surface area contributed by atoms with Crippen LogP contribution in [0.5, 0.6) is 0 Å². The molecule has 0 fully saturated rings. The Morgan fingerprint density at radius 2 is 2.25 bits per heavy atom. The first-order valence-electron chi connectivity index (χ1n) is 6.99. The Morgan fingerprint density at radius 1 is 1.40 bits per heavy atom. The quantitative estimate of drug-likeness (QED) is 0.808. The Labute approximate surface area is 119 Å². The minimum atomic E-state index is 0.178. The topological polar surface area (TPSA) is 63.0 Å². The van der Waals surface area contributed by atoms with E-state index in [2.05, 4.69) is 53.7 Å². The highest BCUT2D eigenvalue weighted by molar-refractivity contribution is 5.24. The largest absolute Gasteiger partial charge is 0.396 e. The van der Waals surface area contributed by atoms with E-state index in [-0.39, 0.29) is 12.6 Å². The highest BCUT2D eigenvalue weighted by atomic mass is 16.3. The first kappa shape index (κ1) is 14.7. The van der Waals surface area contributed by atoms with Gasteiger partial charge in [0.25, 0.3) is 0 Å². The van der Waals surface area contributed by atoms with Crippen LogP contribution in [0.15, 0.2) is 30.5 Å². The van der Waals surface area contributed by atoms with Gasteiger partial charge in [-0.15, -0.1) is 5.10 Å². The average Bonchev–Trinajstić information content (AvgIpc) is 2.90. The van der Waals surface area contributed by atoms with Crippen LogP contribution in [0.2, 0.25) is 0 Å². The molecule has 0 unspecified atom stereocenters. The molecule has 108 valence electrons. The highest BCUT2D eigenvalue weighted by Crippen LogP contribution is 2.14. The molecule has 0 saturated carbocycles. The Balaban J connectivity index is 1.86. The van der Waals surface area contributed by atoms with Crippen LogP contribution in [-0.4, -0.2) is 26.7 Å². The molecule has 2 rings (SSSR count). The molecular weight excluding hydrogens is 252 g/mol. The summed E-state index contributed by atoms with van der Waals surface area (Å²) < 4.78 is 1.77. The molecule has 0 aliphatic heterocycles. The van der Waals surface area contributed by atoms with E-state index in [1.807, 2.05) is 6.20 Å². The number of nitrogens with zero attached hydrogens (tertiary/aromatic N) is 3. The lowest BCUT2D eigenvalue weighted by atomic mass is 10.1. The summed E-state index contributed by atoms with van der Waals surface area (Å²) in [5, 5.41) is 20.4. The fraction of sp³-hybridized carbons (Fsp3) is 0.467. The fourth-order valence-corrected chi connectivity index (χ4v) is 2.08. The molecule has 2 N–H and O–H groups in total. The lowest BCUT2D eigenvalue weighted by Crippen LogP contribution is -2.18. The van der Waals surface area contributed by atoms with E-state index < -0.39 is 0 Å². The second kappa shape index (κ2) is 7.17. The molecule has 20 heavy (non-hydrogen) atoms. The minimum absolute atomic E-state index is 0.178. The molecule has 1 heterocycles. The van der Waals surface area contributed by atoms with Gasteiger partial charge in [-0.3, -0.25) is 4.68 Å². The van der Waals surface area contributed by atoms with Gasteiger partial charge in [0, 0.05) is 31.9 Å². The summed E-state index contributed by atoms with van der Waals surface area (Å²) in [7, 11) is 0. The van der Waals surface area contributed by atoms with Gasteiger partial charge in [0.2, 0.25) is 0 Å². The summed E-state index contributed by atoms with van der Waals surface area (Å²) in [5.74, 6) is 0. The van der Waals surface area contributed by atoms with Crippen molar-refractivity contribution in [2.24, 2.45) is 0 Å². The van der Waals surface area contributed by atoms with Crippen LogP contribution >= 0.6 is 0 Å². The van der Waals surface area contributed by atoms with Gasteiger partial charge >= 0.3 is 0 Å². The minimum Gasteiger partial charge on any atom is -0.396 e. The van der Waals surface area contributed by atoms with Crippen molar-refractivity contribution >= 4 is 0 Å². The van der Waals surface area contributed by atoms with Crippen molar-refractivity contribution in [2.75, 3.05) is 6.61 Å². The third kappa shape index (κ3) is 4.15. The van der Waals surface area contributed by atoms with Crippen LogP contribution in [0, 0.1) is 6.92 Å². The first-order chi connectivity index (χ1) is 9.69. The van der Waals surface area contributed by atoms with Crippen molar-refractivity contribution in [1.82, 2.24) is 20.3 Å². The third-order valence-corrected chi connectivity index (χ3v) is 3.26. The van der Waals surface area contributed by atoms with Gasteiger partial charge in [-0.05, 0) is 25.8 Å². The van der Waals surface area contributed by atoms with Crippen molar-refractivity contribution in [3.05, 3.63) is 47.3 Å². The molecule has 0 spiro atoms. The van der Waals surface area contributed by atoms with Crippen LogP contribution in [0.25, 0.3) is 0 Å². The molecule has 1 atom stereocenters. The van der Waals surface area contributed by atoms with Crippen molar-refractivity contribution < 1.29 is 5.11 Å². The standard InChI is InChI=1S/C15H22N4O/c1-12-5-3-6-14(9-12)13(2)16-10-15-11-19(18-17-15)7-4-8-20/h3,5-6,9,11,13,16,20H,4,7-8,10H2,1-2H3/t13-/m1/s1. The van der Waals surface area contributed by atoms with Crippen molar-refractivity contribution in [2.45, 2.75) is 39.4 Å². The predicted molar refractivity (Wildman–Crippen MR) is 78.2 cm³/mol. The van der Waals surface area contributed by atoms with E-state index in [9.17, 15) is 0 Å². The van der Waals surface area contributed by atoms with E-state index in [1.54, 1.807) is 4.68 Å². The lowest BCUT2D eigenvalue weighted by Gasteiger charge is -2.13. The van der Waals surface area contributed by atoms with E-state index in [0.717, 1.165) is 5.69 Å². The van der Waals surface area contributed by atoms with Gasteiger partial charge < -0.3 is 10.4 Å². The van der Waals surface area contributed by atoms with Gasteiger partial charge in [0.15, 0.2) is 0 Å². The first-order valence-corrected chi connectivity index (χ1v) is 6.99. The molecule has 5 nitrogen and oxygen atoms in total. The molecule has 1 aromatic heterocycles. The molecule has 0 amide bonds. The van der Waals surface area contributed by atoms with Gasteiger partial charge in [-0.1, -0.05) is 35.0 Å². The summed E-state index contributed by atoms with van der Waals surface area (Å²) >= 11 is 0. The summed E-state index contributed by atoms with van der Waals surface area (Å²) in [6, 6.07) is 8.77. The molecular formula is C15H22N4O. The Kier molecular flexibility index (Phi) is 5.26. The summed E-state index contributed by atoms with van der Waals surface area (Å²) in [5.41, 5.74) is 3.46. The number of aliphatic hydroxyl groups excluding tert-OH is 1. The zero-order valence-electron chi connectivity index (χ0n) is 12.1. The van der Waals surface area contributed by atoms with Crippen LogP contribution in [0.4, 0.5) is 0 Å². The second-order valence-corrected chi connectivity index (χ2v) is 5.07. The number of aromatic nitrogens is 3. The average molecular weight is 274 g/mol. The van der Waals surface area contributed by atoms with E-state index in [4.69, 9.17) is 5.11 Å². The van der Waals surface area contributed by atoms with Gasteiger partial charge in [0.05, 0.1) is 5.69 Å². The lowest BCUT2D eigenvalue weighted by molar-refractivity contribution is 0.276. The van der Waals surface area contributed by atoms with Gasteiger partial charge in [0.1, 0.15) is 0 Å². The molecule has 0 bridgehead atoms. The van der Waals surface area contributed by atoms with E-state index >= 15 is 0 Å². The highest BCUT2D eigenvalue weighted by Gasteiger charge is 2.06. The fourth-order valence-electron chi connectivity index (χ4n) is 2.08. The number of nitrogens with one attached hydrogen (secondary N) is 1. The summed E-state index contributed by atoms with van der Waals surface area (Å²) in [4.78, 5) is 0. The molecule has 0 saturated heterocycles. The monoisotopic (exact) mass is 274 g/mol. The SMILES string of the molecule is Cc1cccc([C@@H](C)NCc2cn(CCCO)nn2)c1. The Hall–Kier alpha value is -1.72. The maximum atomic E-state index is 8.79. The predicted octanol–water partition coefficient (Wildman–Crippen LogP) is 1.82. The zero-order valence-corrected chi connectivity index (χ0v) is 12.1. The van der Waals surface area contributed by atoms with E-state index in [0.29, 0.717) is 19.5 Å². The zero-order chi connectivity index (χ0) is 14.4. The van der Waals surface area contributed by atoms with Crippen LogP contribution in [0.3, 0.4) is 0 Å². The normalized spacial score (nSPS) is 12.6. The number of hydrogen-bond acceptors (Lipinski definition) is 4. The Morgan fingerprint density at radius 3 is 3.00 bits per heavy atom. The number of aryl methyl sites for hydroxylation is 2. The molecule has 0 aliphatic carbocycles. The molecule has 2 aromatic rings. The number of hydrogen-bond donors (Lipinski definition) is 2. The third-order valence-electron chi connectivity index (χ3n) is 3.26. The number of aliphatic hydroxyl groups is 1. The maximum Gasteiger partial charge on any atom is 0.0965 e. The van der Waals surface area contributed by atoms with Crippen LogP contribution in [0.1, 0.15) is 36.2 Å². The molecule has 1 aromatic carbocycles.